The monoisotopic (exact) mass is 670 g/mol. The second-order valence-corrected chi connectivity index (χ2v) is 14.2. The number of benzene rings is 9. The Hall–Kier alpha value is -6.44. The Morgan fingerprint density at radius 2 is 1.10 bits per heavy atom. The average Bonchev–Trinajstić information content (AvgIpc) is 3.78. The first-order valence-corrected chi connectivity index (χ1v) is 17.5. The minimum Gasteiger partial charge on any atom is -0.455 e. The van der Waals surface area contributed by atoms with E-state index in [1.807, 2.05) is 78.9 Å². The minimum atomic E-state index is -0.439. The fourth-order valence-electron chi connectivity index (χ4n) is 8.88. The molecule has 0 aliphatic heterocycles. The zero-order chi connectivity index (χ0) is 41.5. The second-order valence-electron chi connectivity index (χ2n) is 14.2. The zero-order valence-corrected chi connectivity index (χ0v) is 28.5. The van der Waals surface area contributed by atoms with Crippen LogP contribution in [-0.2, 0) is 5.41 Å². The Morgan fingerprint density at radius 3 is 1.90 bits per heavy atom. The Kier molecular flexibility index (Phi) is 4.64. The van der Waals surface area contributed by atoms with E-state index in [-0.39, 0.29) is 51.1 Å². The van der Waals surface area contributed by atoms with Crippen molar-refractivity contribution in [2.24, 2.45) is 0 Å². The lowest BCUT2D eigenvalue weighted by molar-refractivity contribution is 0.662. The fourth-order valence-corrected chi connectivity index (χ4v) is 8.88. The van der Waals surface area contributed by atoms with Gasteiger partial charge in [-0.3, -0.25) is 0 Å². The SMILES string of the molecule is [2H]c1c([2H])c([2H])c2c(-c3cccc4oc5c6ccccc6ccc5c34)c3c([2H])c([2H])c([2H])c([2H])c3c(-c3cccc(-c4cccc5c4C(C)(C)c4ccccc4-5)c3)c2c1[2H]. The highest BCUT2D eigenvalue weighted by molar-refractivity contribution is 6.27. The third kappa shape index (κ3) is 3.99. The molecule has 0 fully saturated rings. The maximum absolute atomic E-state index is 9.57. The van der Waals surface area contributed by atoms with E-state index >= 15 is 0 Å². The van der Waals surface area contributed by atoms with E-state index < -0.39 is 24.2 Å². The molecular weight excluding hydrogens is 629 g/mol. The summed E-state index contributed by atoms with van der Waals surface area (Å²) in [7, 11) is 0. The summed E-state index contributed by atoms with van der Waals surface area (Å²) in [5.74, 6) is 0. The highest BCUT2D eigenvalue weighted by Gasteiger charge is 2.37. The van der Waals surface area contributed by atoms with Crippen molar-refractivity contribution in [3.8, 4) is 44.5 Å². The van der Waals surface area contributed by atoms with Gasteiger partial charge in [-0.15, -0.1) is 0 Å². The van der Waals surface area contributed by atoms with Crippen LogP contribution in [0.1, 0.15) is 35.9 Å². The van der Waals surface area contributed by atoms with Crippen molar-refractivity contribution in [3.05, 3.63) is 181 Å². The topological polar surface area (TPSA) is 13.1 Å². The van der Waals surface area contributed by atoms with Crippen molar-refractivity contribution >= 4 is 54.3 Å². The molecule has 0 unspecified atom stereocenters. The van der Waals surface area contributed by atoms with Gasteiger partial charge in [0.05, 0.1) is 11.0 Å². The van der Waals surface area contributed by atoms with Gasteiger partial charge in [0.1, 0.15) is 11.2 Å². The van der Waals surface area contributed by atoms with Crippen molar-refractivity contribution in [2.45, 2.75) is 19.3 Å². The smallest absolute Gasteiger partial charge is 0.143 e. The molecule has 0 spiro atoms. The average molecular weight is 671 g/mol. The molecule has 1 heteroatoms. The lowest BCUT2D eigenvalue weighted by atomic mass is 9.78. The van der Waals surface area contributed by atoms with Gasteiger partial charge in [0.2, 0.25) is 0 Å². The molecule has 0 saturated carbocycles. The van der Waals surface area contributed by atoms with Crippen LogP contribution in [0.2, 0.25) is 0 Å². The van der Waals surface area contributed by atoms with Crippen LogP contribution in [0.25, 0.3) is 98.8 Å². The van der Waals surface area contributed by atoms with Crippen molar-refractivity contribution in [2.75, 3.05) is 0 Å². The predicted molar refractivity (Wildman–Crippen MR) is 220 cm³/mol. The van der Waals surface area contributed by atoms with Crippen LogP contribution < -0.4 is 0 Å². The first-order valence-electron chi connectivity index (χ1n) is 21.5. The summed E-state index contributed by atoms with van der Waals surface area (Å²) >= 11 is 0. The molecule has 1 aliphatic rings. The van der Waals surface area contributed by atoms with Crippen molar-refractivity contribution in [1.29, 1.82) is 0 Å². The summed E-state index contributed by atoms with van der Waals surface area (Å²) in [5, 5.41) is 4.03. The molecule has 0 saturated heterocycles. The summed E-state index contributed by atoms with van der Waals surface area (Å²) in [4.78, 5) is 0. The van der Waals surface area contributed by atoms with Crippen LogP contribution in [0.3, 0.4) is 0 Å². The third-order valence-corrected chi connectivity index (χ3v) is 11.1. The largest absolute Gasteiger partial charge is 0.455 e. The van der Waals surface area contributed by atoms with E-state index in [4.69, 9.17) is 9.90 Å². The van der Waals surface area contributed by atoms with Crippen molar-refractivity contribution in [3.63, 3.8) is 0 Å². The molecule has 0 atom stereocenters. The quantitative estimate of drug-likeness (QED) is 0.171. The van der Waals surface area contributed by atoms with E-state index in [1.54, 1.807) is 0 Å². The molecular formula is C51H34O. The summed E-state index contributed by atoms with van der Waals surface area (Å²) in [6.07, 6.45) is 0. The van der Waals surface area contributed by atoms with Gasteiger partial charge in [0.15, 0.2) is 0 Å². The zero-order valence-electron chi connectivity index (χ0n) is 36.5. The molecule has 0 N–H and O–H groups in total. The summed E-state index contributed by atoms with van der Waals surface area (Å²) < 4.78 is 80.8. The van der Waals surface area contributed by atoms with Crippen LogP contribution >= 0.6 is 0 Å². The number of hydrogen-bond acceptors (Lipinski definition) is 1. The molecule has 0 radical (unpaired) electrons. The van der Waals surface area contributed by atoms with Gasteiger partial charge in [-0.2, -0.15) is 0 Å². The van der Waals surface area contributed by atoms with E-state index in [2.05, 4.69) is 56.3 Å². The Labute approximate surface area is 313 Å². The maximum Gasteiger partial charge on any atom is 0.143 e. The number of furan rings is 1. The number of hydrogen-bond donors (Lipinski definition) is 0. The van der Waals surface area contributed by atoms with Gasteiger partial charge in [-0.05, 0) is 101 Å². The summed E-state index contributed by atoms with van der Waals surface area (Å²) in [6, 6.07) is 37.0. The molecule has 0 bridgehead atoms. The van der Waals surface area contributed by atoms with E-state index in [0.29, 0.717) is 38.8 Å². The Balaban J connectivity index is 1.30. The van der Waals surface area contributed by atoms with Crippen molar-refractivity contribution < 1.29 is 15.4 Å². The molecule has 1 aliphatic carbocycles. The number of fused-ring (bicyclic) bond motifs is 10. The Bertz CT molecular complexity index is 3480. The fraction of sp³-hybridized carbons (Fsp3) is 0.0588. The first kappa shape index (κ1) is 22.4. The lowest BCUT2D eigenvalue weighted by Crippen LogP contribution is -2.16. The maximum atomic E-state index is 9.57. The predicted octanol–water partition coefficient (Wildman–Crippen LogP) is 14.4. The molecule has 1 nitrogen and oxygen atoms in total. The molecule has 9 aromatic carbocycles. The molecule has 1 heterocycles. The second kappa shape index (κ2) is 10.8. The van der Waals surface area contributed by atoms with Gasteiger partial charge in [-0.25, -0.2) is 0 Å². The van der Waals surface area contributed by atoms with Gasteiger partial charge in [0.25, 0.3) is 0 Å². The highest BCUT2D eigenvalue weighted by Crippen LogP contribution is 2.53. The molecule has 1 aromatic heterocycles. The standard InChI is InChI=1S/C51H34O/c1-51(2)44-26-10-9-18-36(44)41-24-12-23-34(49(41)51)32-15-11-16-33(30-32)46-37-19-5-7-21-39(37)47(40-22-8-6-20-38(40)46)42-25-13-27-45-48(42)43-29-28-31-14-3-4-17-35(31)50(43)52-45/h3-30H,1-2H3/i5D,6D,7D,8D,19D,20D,21D,22D. The van der Waals surface area contributed by atoms with Crippen LogP contribution in [0.4, 0.5) is 0 Å². The van der Waals surface area contributed by atoms with Crippen LogP contribution in [0.15, 0.2) is 174 Å². The highest BCUT2D eigenvalue weighted by atomic mass is 16.3. The van der Waals surface area contributed by atoms with Crippen LogP contribution in [0, 0.1) is 0 Å². The summed E-state index contributed by atoms with van der Waals surface area (Å²) in [5.41, 5.74) is 9.20. The van der Waals surface area contributed by atoms with Gasteiger partial charge in [-0.1, -0.05) is 165 Å². The molecule has 11 rings (SSSR count). The molecule has 0 amide bonds. The van der Waals surface area contributed by atoms with E-state index in [9.17, 15) is 5.48 Å². The minimum absolute atomic E-state index is 0.166. The van der Waals surface area contributed by atoms with Crippen molar-refractivity contribution in [1.82, 2.24) is 0 Å². The number of rotatable bonds is 3. The molecule has 52 heavy (non-hydrogen) atoms. The lowest BCUT2D eigenvalue weighted by Gasteiger charge is -2.25. The van der Waals surface area contributed by atoms with Gasteiger partial charge >= 0.3 is 0 Å². The van der Waals surface area contributed by atoms with Crippen LogP contribution in [-0.4, -0.2) is 0 Å². The van der Waals surface area contributed by atoms with Gasteiger partial charge in [0, 0.05) is 21.6 Å². The van der Waals surface area contributed by atoms with Gasteiger partial charge < -0.3 is 4.42 Å². The molecule has 244 valence electrons. The normalized spacial score (nSPS) is 15.5. The summed E-state index contributed by atoms with van der Waals surface area (Å²) in [6.45, 7) is 4.45. The van der Waals surface area contributed by atoms with Crippen LogP contribution in [0.5, 0.6) is 0 Å². The Morgan fingerprint density at radius 1 is 0.481 bits per heavy atom. The van der Waals surface area contributed by atoms with E-state index in [0.717, 1.165) is 32.8 Å². The van der Waals surface area contributed by atoms with E-state index in [1.165, 1.54) is 16.7 Å². The first-order chi connectivity index (χ1) is 28.9. The third-order valence-electron chi connectivity index (χ3n) is 11.1. The molecule has 10 aromatic rings.